The van der Waals surface area contributed by atoms with E-state index in [0.717, 1.165) is 177 Å². The molecule has 0 unspecified atom stereocenters. The number of benzene rings is 13. The van der Waals surface area contributed by atoms with E-state index >= 15 is 0 Å². The van der Waals surface area contributed by atoms with E-state index in [1.165, 1.54) is 33.0 Å². The Hall–Kier alpha value is -14.6. The van der Waals surface area contributed by atoms with Gasteiger partial charge in [0, 0.05) is 90.1 Å². The van der Waals surface area contributed by atoms with Crippen LogP contribution in [-0.4, -0.2) is 39.9 Å². The fourth-order valence-electron chi connectivity index (χ4n) is 15.3. The summed E-state index contributed by atoms with van der Waals surface area (Å²) in [5.41, 5.74) is 29.7. The molecule has 8 nitrogen and oxygen atoms in total. The Balaban J connectivity index is 0.000000144. The Morgan fingerprint density at radius 1 is 0.148 bits per heavy atom. The van der Waals surface area contributed by atoms with Crippen LogP contribution in [0.15, 0.2) is 377 Å². The first-order valence-corrected chi connectivity index (χ1v) is 36.3. The summed E-state index contributed by atoms with van der Waals surface area (Å²) >= 11 is 0. The van der Waals surface area contributed by atoms with E-state index in [9.17, 15) is 0 Å². The van der Waals surface area contributed by atoms with E-state index in [1.54, 1.807) is 0 Å². The second-order valence-corrected chi connectivity index (χ2v) is 27.4. The zero-order chi connectivity index (χ0) is 71.4. The van der Waals surface area contributed by atoms with Gasteiger partial charge in [-0.3, -0.25) is 19.9 Å². The molecule has 0 saturated carbocycles. The summed E-state index contributed by atoms with van der Waals surface area (Å²) in [6.45, 7) is 0. The molecule has 0 amide bonds. The van der Waals surface area contributed by atoms with Crippen molar-refractivity contribution in [3.05, 3.63) is 377 Å². The van der Waals surface area contributed by atoms with Gasteiger partial charge < -0.3 is 0 Å². The zero-order valence-corrected chi connectivity index (χ0v) is 58.4. The molecule has 108 heavy (non-hydrogen) atoms. The molecule has 0 aliphatic heterocycles. The van der Waals surface area contributed by atoms with Gasteiger partial charge in [0.05, 0.1) is 66.9 Å². The number of aromatic nitrogens is 8. The van der Waals surface area contributed by atoms with Crippen molar-refractivity contribution in [2.75, 3.05) is 0 Å². The Labute approximate surface area is 622 Å². The van der Waals surface area contributed by atoms with Crippen LogP contribution in [-0.2, 0) is 0 Å². The van der Waals surface area contributed by atoms with E-state index in [-0.39, 0.29) is 0 Å². The van der Waals surface area contributed by atoms with Gasteiger partial charge in [-0.2, -0.15) is 0 Å². The van der Waals surface area contributed by atoms with Gasteiger partial charge in [-0.1, -0.05) is 237 Å². The number of pyridine rings is 8. The highest BCUT2D eigenvalue weighted by Crippen LogP contribution is 2.39. The SMILES string of the molecule is c1ccc(-c2cc(-c3ccccc3)cc(-c3ccc4cc(-c5ccc6nc(-c7ccc(-c8ccnc9c8ccc8cccnc89)cc7)ccc6c5)ccc4n3)c2)cc1.c1ccc2c(-c3ccc4cc(-c5ccc6nc(-c7ccc(-c8ccnc9c8ccc8cccnc89)cc7)ccc6c5)ccc4n3)cccc2c1. The third-order valence-corrected chi connectivity index (χ3v) is 20.9. The normalized spacial score (nSPS) is 11.5. The molecule has 502 valence electrons. The van der Waals surface area contributed by atoms with Crippen molar-refractivity contribution < 1.29 is 0 Å². The lowest BCUT2D eigenvalue weighted by molar-refractivity contribution is 1.37. The Kier molecular flexibility index (Phi) is 15.7. The third-order valence-electron chi connectivity index (χ3n) is 20.9. The maximum Gasteiger partial charge on any atom is 0.0970 e. The molecule has 0 atom stereocenters. The summed E-state index contributed by atoms with van der Waals surface area (Å²) in [6, 6.07) is 124. The first-order chi connectivity index (χ1) is 53.4. The predicted octanol–water partition coefficient (Wildman–Crippen LogP) is 25.6. The predicted molar refractivity (Wildman–Crippen MR) is 447 cm³/mol. The van der Waals surface area contributed by atoms with Crippen molar-refractivity contribution in [3.8, 4) is 112 Å². The lowest BCUT2D eigenvalue weighted by atomic mass is 9.94. The molecule has 8 aromatic heterocycles. The molecular weight excluding hydrogens is 1310 g/mol. The van der Waals surface area contributed by atoms with E-state index in [4.69, 9.17) is 19.9 Å². The van der Waals surface area contributed by atoms with Crippen molar-refractivity contribution in [2.24, 2.45) is 0 Å². The van der Waals surface area contributed by atoms with Gasteiger partial charge in [0.25, 0.3) is 0 Å². The average Bonchev–Trinajstić information content (AvgIpc) is 0.823. The number of hydrogen-bond donors (Lipinski definition) is 0. The van der Waals surface area contributed by atoms with Crippen molar-refractivity contribution in [1.82, 2.24) is 39.9 Å². The van der Waals surface area contributed by atoms with E-state index < -0.39 is 0 Å². The molecule has 0 N–H and O–H groups in total. The van der Waals surface area contributed by atoms with Gasteiger partial charge in [0.1, 0.15) is 0 Å². The Morgan fingerprint density at radius 3 is 0.963 bits per heavy atom. The molecule has 21 aromatic rings. The first kappa shape index (κ1) is 63.1. The van der Waals surface area contributed by atoms with Gasteiger partial charge in [0.2, 0.25) is 0 Å². The molecule has 0 fully saturated rings. The summed E-state index contributed by atoms with van der Waals surface area (Å²) < 4.78 is 0. The molecule has 0 saturated heterocycles. The Morgan fingerprint density at radius 2 is 0.500 bits per heavy atom. The second-order valence-electron chi connectivity index (χ2n) is 27.4. The summed E-state index contributed by atoms with van der Waals surface area (Å²) in [6.07, 6.45) is 7.40. The summed E-state index contributed by atoms with van der Waals surface area (Å²) in [7, 11) is 0. The van der Waals surface area contributed by atoms with E-state index in [2.05, 4.69) is 360 Å². The van der Waals surface area contributed by atoms with E-state index in [0.29, 0.717) is 0 Å². The lowest BCUT2D eigenvalue weighted by Crippen LogP contribution is -1.90. The molecule has 21 rings (SSSR count). The first-order valence-electron chi connectivity index (χ1n) is 36.3. The van der Waals surface area contributed by atoms with Gasteiger partial charge >= 0.3 is 0 Å². The monoisotopic (exact) mass is 1370 g/mol. The molecule has 13 aromatic carbocycles. The molecule has 8 heterocycles. The second kappa shape index (κ2) is 26.9. The van der Waals surface area contributed by atoms with Gasteiger partial charge in [-0.05, 0) is 193 Å². The number of fused-ring (bicyclic) bond motifs is 11. The minimum Gasteiger partial charge on any atom is -0.254 e. The van der Waals surface area contributed by atoms with Crippen molar-refractivity contribution >= 4 is 98.0 Å². The fourth-order valence-corrected chi connectivity index (χ4v) is 15.3. The molecule has 0 bridgehead atoms. The zero-order valence-electron chi connectivity index (χ0n) is 58.4. The number of hydrogen-bond acceptors (Lipinski definition) is 8. The smallest absolute Gasteiger partial charge is 0.0970 e. The van der Waals surface area contributed by atoms with Gasteiger partial charge in [-0.15, -0.1) is 0 Å². The third kappa shape index (κ3) is 11.9. The summed E-state index contributed by atoms with van der Waals surface area (Å²) in [5.74, 6) is 0. The highest BCUT2D eigenvalue weighted by Gasteiger charge is 2.16. The molecule has 0 spiro atoms. The van der Waals surface area contributed by atoms with Crippen LogP contribution in [0.3, 0.4) is 0 Å². The maximum absolute atomic E-state index is 5.17. The topological polar surface area (TPSA) is 103 Å². The summed E-state index contributed by atoms with van der Waals surface area (Å²) in [4.78, 5) is 38.9. The van der Waals surface area contributed by atoms with Gasteiger partial charge in [-0.25, -0.2) is 19.9 Å². The molecule has 0 aliphatic carbocycles. The van der Waals surface area contributed by atoms with Crippen LogP contribution in [0.1, 0.15) is 0 Å². The Bertz CT molecular complexity index is 7040. The van der Waals surface area contributed by atoms with Crippen LogP contribution < -0.4 is 0 Å². The molecule has 8 heteroatoms. The number of nitrogens with zero attached hydrogens (tertiary/aromatic N) is 8. The minimum absolute atomic E-state index is 0.920. The number of rotatable bonds is 10. The van der Waals surface area contributed by atoms with Crippen LogP contribution in [0.4, 0.5) is 0 Å². The average molecular weight is 1380 g/mol. The fraction of sp³-hybridized carbons (Fsp3) is 0. The molecule has 0 radical (unpaired) electrons. The quantitative estimate of drug-likeness (QED) is 0.125. The van der Waals surface area contributed by atoms with Crippen LogP contribution in [0.25, 0.3) is 210 Å². The minimum atomic E-state index is 0.920. The van der Waals surface area contributed by atoms with Crippen molar-refractivity contribution in [3.63, 3.8) is 0 Å². The lowest BCUT2D eigenvalue weighted by Gasteiger charge is -2.12. The largest absolute Gasteiger partial charge is 0.254 e. The summed E-state index contributed by atoms with van der Waals surface area (Å²) in [5, 5.41) is 11.2. The van der Waals surface area contributed by atoms with Crippen molar-refractivity contribution in [2.45, 2.75) is 0 Å². The molecular formula is C100H62N8. The highest BCUT2D eigenvalue weighted by atomic mass is 14.7. The maximum atomic E-state index is 5.17. The van der Waals surface area contributed by atoms with Crippen LogP contribution in [0.2, 0.25) is 0 Å². The van der Waals surface area contributed by atoms with Gasteiger partial charge in [0.15, 0.2) is 0 Å². The van der Waals surface area contributed by atoms with Crippen LogP contribution in [0.5, 0.6) is 0 Å². The van der Waals surface area contributed by atoms with E-state index in [1.807, 2.05) is 36.9 Å². The van der Waals surface area contributed by atoms with Crippen molar-refractivity contribution in [1.29, 1.82) is 0 Å². The highest BCUT2D eigenvalue weighted by molar-refractivity contribution is 6.10. The molecule has 0 aliphatic rings. The standard InChI is InChI=1S/C54H34N4.C46H28N4/c1-3-8-35(9-4-1)44-32-45(36-10-5-2-6-11-36)34-46(33-44)52-26-21-43-31-41(19-24-51(43)58-52)40-18-23-50-42(30-40)20-25-49(57-50)38-15-13-37(14-16-38)47-27-29-56-54-48(47)22-17-39-12-7-28-55-53(39)54;1-2-8-37-29(5-1)6-3-9-39(37)44-23-18-36-28-34(16-21-43(36)50-44)33-15-20-42-35(27-33)17-22-41(49-42)31-12-10-30(11-13-31)38-24-26-48-46-40(38)19-14-32-7-4-25-47-45(32)46/h1-34H;1-28H. The van der Waals surface area contributed by atoms with Crippen LogP contribution in [0, 0.1) is 0 Å². The van der Waals surface area contributed by atoms with Crippen LogP contribution >= 0.6 is 0 Å².